The lowest BCUT2D eigenvalue weighted by molar-refractivity contribution is -0.115. The Labute approximate surface area is 158 Å². The van der Waals surface area contributed by atoms with Gasteiger partial charge in [0.05, 0.1) is 5.69 Å². The maximum Gasteiger partial charge on any atom is 0.237 e. The minimum atomic E-state index is -0.339. The second-order valence-corrected chi connectivity index (χ2v) is 6.57. The lowest BCUT2D eigenvalue weighted by atomic mass is 10.0. The number of para-hydroxylation sites is 1. The van der Waals surface area contributed by atoms with E-state index in [0.717, 1.165) is 34.7 Å². The molecule has 0 spiro atoms. The summed E-state index contributed by atoms with van der Waals surface area (Å²) in [4.78, 5) is 23.0. The predicted octanol–water partition coefficient (Wildman–Crippen LogP) is 4.16. The van der Waals surface area contributed by atoms with E-state index in [1.165, 1.54) is 0 Å². The van der Waals surface area contributed by atoms with E-state index in [1.54, 1.807) is 12.4 Å². The number of nitrogens with zero attached hydrogens (tertiary/aromatic N) is 3. The third kappa shape index (κ3) is 3.72. The van der Waals surface area contributed by atoms with Gasteiger partial charge in [0.1, 0.15) is 5.92 Å². The lowest BCUT2D eigenvalue weighted by Gasteiger charge is -2.19. The minimum Gasteiger partial charge on any atom is -0.370 e. The molecule has 0 fully saturated rings. The van der Waals surface area contributed by atoms with E-state index in [1.807, 2.05) is 67.8 Å². The number of aromatic nitrogens is 1. The average Bonchev–Trinajstić information content (AvgIpc) is 3.02. The van der Waals surface area contributed by atoms with Gasteiger partial charge >= 0.3 is 0 Å². The summed E-state index contributed by atoms with van der Waals surface area (Å²) in [5.41, 5.74) is 4.92. The minimum absolute atomic E-state index is 0.0345. The number of carbonyl (C=O) groups is 1. The number of pyridine rings is 1. The molecule has 2 aromatic carbocycles. The van der Waals surface area contributed by atoms with Crippen LogP contribution in [0.1, 0.15) is 17.0 Å². The van der Waals surface area contributed by atoms with Crippen molar-refractivity contribution in [3.05, 3.63) is 84.2 Å². The van der Waals surface area contributed by atoms with E-state index in [-0.39, 0.29) is 11.8 Å². The maximum absolute atomic E-state index is 12.2. The highest BCUT2D eigenvalue weighted by molar-refractivity contribution is 6.12. The largest absolute Gasteiger partial charge is 0.370 e. The van der Waals surface area contributed by atoms with Gasteiger partial charge in [-0.3, -0.25) is 14.8 Å². The molecule has 1 N–H and O–H groups in total. The Morgan fingerprint density at radius 1 is 1.11 bits per heavy atom. The smallest absolute Gasteiger partial charge is 0.237 e. The van der Waals surface area contributed by atoms with E-state index in [2.05, 4.69) is 26.3 Å². The number of benzene rings is 2. The standard InChI is InChI=1S/C22H20N4O/c1-26(15-16-5-4-12-23-13-16)18-10-8-17(9-11-18)24-14-20-19-6-2-3-7-21(19)25-22(20)27/h2-14,20H,15H2,1H3,(H,25,27). The summed E-state index contributed by atoms with van der Waals surface area (Å²) in [6.07, 6.45) is 5.37. The zero-order chi connectivity index (χ0) is 18.6. The number of rotatable bonds is 5. The molecule has 1 aromatic heterocycles. The lowest BCUT2D eigenvalue weighted by Crippen LogP contribution is -2.16. The summed E-state index contributed by atoms with van der Waals surface area (Å²) in [5.74, 6) is -0.373. The van der Waals surface area contributed by atoms with Crippen molar-refractivity contribution in [1.82, 2.24) is 4.98 Å². The molecule has 0 bridgehead atoms. The highest BCUT2D eigenvalue weighted by atomic mass is 16.2. The van der Waals surface area contributed by atoms with E-state index < -0.39 is 0 Å². The molecular formula is C22H20N4O. The molecule has 0 aliphatic carbocycles. The number of hydrogen-bond donors (Lipinski definition) is 1. The molecule has 1 aliphatic rings. The number of anilines is 2. The van der Waals surface area contributed by atoms with Gasteiger partial charge < -0.3 is 10.2 Å². The van der Waals surface area contributed by atoms with Crippen LogP contribution in [0.15, 0.2) is 78.0 Å². The van der Waals surface area contributed by atoms with Crippen molar-refractivity contribution in [2.24, 2.45) is 4.99 Å². The van der Waals surface area contributed by atoms with Crippen LogP contribution in [0.4, 0.5) is 17.1 Å². The molecule has 0 saturated heterocycles. The van der Waals surface area contributed by atoms with Gasteiger partial charge in [0.15, 0.2) is 0 Å². The van der Waals surface area contributed by atoms with Gasteiger partial charge in [-0.25, -0.2) is 0 Å². The van der Waals surface area contributed by atoms with Crippen molar-refractivity contribution in [1.29, 1.82) is 0 Å². The molecule has 1 unspecified atom stereocenters. The van der Waals surface area contributed by atoms with E-state index in [0.29, 0.717) is 0 Å². The van der Waals surface area contributed by atoms with Crippen LogP contribution in [0.5, 0.6) is 0 Å². The van der Waals surface area contributed by atoms with Crippen LogP contribution >= 0.6 is 0 Å². The zero-order valence-electron chi connectivity index (χ0n) is 15.0. The van der Waals surface area contributed by atoms with Crippen molar-refractivity contribution in [3.63, 3.8) is 0 Å². The average molecular weight is 356 g/mol. The molecule has 134 valence electrons. The number of amides is 1. The van der Waals surface area contributed by atoms with Crippen molar-refractivity contribution in [2.75, 3.05) is 17.3 Å². The fourth-order valence-electron chi connectivity index (χ4n) is 3.19. The molecule has 1 amide bonds. The van der Waals surface area contributed by atoms with E-state index in [9.17, 15) is 4.79 Å². The fraction of sp³-hybridized carbons (Fsp3) is 0.136. The van der Waals surface area contributed by atoms with Crippen LogP contribution in [-0.4, -0.2) is 24.2 Å². The number of aliphatic imine (C=N–C) groups is 1. The molecule has 3 aromatic rings. The summed E-state index contributed by atoms with van der Waals surface area (Å²) in [5, 5.41) is 2.89. The van der Waals surface area contributed by atoms with Crippen LogP contribution < -0.4 is 10.2 Å². The molecule has 4 rings (SSSR count). The Kier molecular flexibility index (Phi) is 4.66. The first-order valence-corrected chi connectivity index (χ1v) is 8.85. The van der Waals surface area contributed by atoms with Gasteiger partial charge in [0.25, 0.3) is 0 Å². The normalized spacial score (nSPS) is 15.6. The Morgan fingerprint density at radius 2 is 1.93 bits per heavy atom. The molecule has 0 radical (unpaired) electrons. The van der Waals surface area contributed by atoms with Gasteiger partial charge in [-0.05, 0) is 47.5 Å². The van der Waals surface area contributed by atoms with Crippen LogP contribution in [0, 0.1) is 0 Å². The molecule has 1 atom stereocenters. The number of carbonyl (C=O) groups excluding carboxylic acids is 1. The summed E-state index contributed by atoms with van der Waals surface area (Å²) in [6, 6.07) is 19.7. The molecule has 0 saturated carbocycles. The summed E-state index contributed by atoms with van der Waals surface area (Å²) in [7, 11) is 2.05. The Balaban J connectivity index is 1.45. The van der Waals surface area contributed by atoms with Crippen molar-refractivity contribution in [3.8, 4) is 0 Å². The topological polar surface area (TPSA) is 57.6 Å². The third-order valence-electron chi connectivity index (χ3n) is 4.64. The van der Waals surface area contributed by atoms with Crippen LogP contribution in [0.3, 0.4) is 0 Å². The number of fused-ring (bicyclic) bond motifs is 1. The van der Waals surface area contributed by atoms with Gasteiger partial charge in [0, 0.05) is 43.6 Å². The molecule has 1 aliphatic heterocycles. The van der Waals surface area contributed by atoms with Gasteiger partial charge in [-0.1, -0.05) is 24.3 Å². The first-order chi connectivity index (χ1) is 13.2. The summed E-state index contributed by atoms with van der Waals surface area (Å²) < 4.78 is 0. The Bertz CT molecular complexity index is 967. The number of hydrogen-bond acceptors (Lipinski definition) is 4. The summed E-state index contributed by atoms with van der Waals surface area (Å²) >= 11 is 0. The Hall–Kier alpha value is -3.47. The Morgan fingerprint density at radius 3 is 2.70 bits per heavy atom. The molecular weight excluding hydrogens is 336 g/mol. The summed E-state index contributed by atoms with van der Waals surface area (Å²) in [6.45, 7) is 0.787. The molecule has 5 nitrogen and oxygen atoms in total. The third-order valence-corrected chi connectivity index (χ3v) is 4.64. The quantitative estimate of drug-likeness (QED) is 0.699. The number of nitrogens with one attached hydrogen (secondary N) is 1. The SMILES string of the molecule is CN(Cc1cccnc1)c1ccc(N=CC2C(=O)Nc3ccccc32)cc1. The van der Waals surface area contributed by atoms with E-state index in [4.69, 9.17) is 0 Å². The van der Waals surface area contributed by atoms with Crippen molar-refractivity contribution >= 4 is 29.2 Å². The first kappa shape index (κ1) is 17.0. The highest BCUT2D eigenvalue weighted by Gasteiger charge is 2.28. The molecule has 27 heavy (non-hydrogen) atoms. The first-order valence-electron chi connectivity index (χ1n) is 8.85. The van der Waals surface area contributed by atoms with Crippen molar-refractivity contribution in [2.45, 2.75) is 12.5 Å². The maximum atomic E-state index is 12.2. The zero-order valence-corrected chi connectivity index (χ0v) is 15.0. The van der Waals surface area contributed by atoms with Crippen LogP contribution in [-0.2, 0) is 11.3 Å². The van der Waals surface area contributed by atoms with Crippen LogP contribution in [0.25, 0.3) is 0 Å². The second-order valence-electron chi connectivity index (χ2n) is 6.57. The second kappa shape index (κ2) is 7.41. The van der Waals surface area contributed by atoms with Gasteiger partial charge in [0.2, 0.25) is 5.91 Å². The van der Waals surface area contributed by atoms with E-state index >= 15 is 0 Å². The van der Waals surface area contributed by atoms with Crippen molar-refractivity contribution < 1.29 is 4.79 Å². The van der Waals surface area contributed by atoms with Gasteiger partial charge in [-0.15, -0.1) is 0 Å². The molecule has 5 heteroatoms. The highest BCUT2D eigenvalue weighted by Crippen LogP contribution is 2.31. The predicted molar refractivity (Wildman–Crippen MR) is 109 cm³/mol. The van der Waals surface area contributed by atoms with Gasteiger partial charge in [-0.2, -0.15) is 0 Å². The fourth-order valence-corrected chi connectivity index (χ4v) is 3.19. The molecule has 2 heterocycles. The van der Waals surface area contributed by atoms with Crippen LogP contribution in [0.2, 0.25) is 0 Å². The monoisotopic (exact) mass is 356 g/mol.